The minimum Gasteiger partial charge on any atom is -0.378 e. The number of aldehydes is 1. The van der Waals surface area contributed by atoms with Crippen LogP contribution in [0.4, 0.5) is 14.5 Å². The summed E-state index contributed by atoms with van der Waals surface area (Å²) in [5, 5.41) is 0.477. The normalized spacial score (nSPS) is 14.9. The lowest BCUT2D eigenvalue weighted by Crippen LogP contribution is -2.36. The van der Waals surface area contributed by atoms with E-state index in [0.717, 1.165) is 25.0 Å². The second-order valence-corrected chi connectivity index (χ2v) is 8.28. The van der Waals surface area contributed by atoms with Gasteiger partial charge >= 0.3 is 0 Å². The smallest absolute Gasteiger partial charge is 0.160 e. The van der Waals surface area contributed by atoms with Gasteiger partial charge in [0.25, 0.3) is 0 Å². The van der Waals surface area contributed by atoms with E-state index in [0.29, 0.717) is 41.7 Å². The van der Waals surface area contributed by atoms with E-state index in [-0.39, 0.29) is 16.1 Å². The number of carbonyl (C=O) groups excluding carboxylic acids is 1. The van der Waals surface area contributed by atoms with Gasteiger partial charge in [0.05, 0.1) is 41.6 Å². The van der Waals surface area contributed by atoms with Crippen molar-refractivity contribution in [2.45, 2.75) is 5.92 Å². The molecule has 0 amide bonds. The summed E-state index contributed by atoms with van der Waals surface area (Å²) in [5.74, 6) is -2.16. The van der Waals surface area contributed by atoms with Crippen LogP contribution in [0.3, 0.4) is 0 Å². The van der Waals surface area contributed by atoms with Gasteiger partial charge in [-0.05, 0) is 35.9 Å². The Labute approximate surface area is 199 Å². The Bertz CT molecular complexity index is 1380. The topological polar surface area (TPSA) is 68.2 Å². The Hall–Kier alpha value is -3.49. The number of aromatic nitrogens is 3. The van der Waals surface area contributed by atoms with Crippen molar-refractivity contribution >= 4 is 34.5 Å². The number of halogens is 3. The van der Waals surface area contributed by atoms with Gasteiger partial charge in [0.15, 0.2) is 5.82 Å². The molecule has 0 radical (unpaired) electrons. The zero-order valence-electron chi connectivity index (χ0n) is 17.9. The van der Waals surface area contributed by atoms with Gasteiger partial charge in [0.2, 0.25) is 0 Å². The fourth-order valence-electron chi connectivity index (χ4n) is 4.18. The average Bonchev–Trinajstić information content (AvgIpc) is 2.88. The molecule has 1 fully saturated rings. The number of benzene rings is 2. The van der Waals surface area contributed by atoms with Crippen LogP contribution in [-0.2, 0) is 9.53 Å². The molecule has 9 heteroatoms. The summed E-state index contributed by atoms with van der Waals surface area (Å²) < 4.78 is 34.4. The summed E-state index contributed by atoms with van der Waals surface area (Å²) >= 11 is 6.08. The molecule has 0 bridgehead atoms. The van der Waals surface area contributed by atoms with Crippen molar-refractivity contribution in [2.75, 3.05) is 31.2 Å². The first-order valence-corrected chi connectivity index (χ1v) is 11.1. The van der Waals surface area contributed by atoms with Crippen molar-refractivity contribution in [2.24, 2.45) is 0 Å². The molecular weight excluding hydrogens is 462 g/mol. The van der Waals surface area contributed by atoms with Crippen LogP contribution in [0.1, 0.15) is 17.0 Å². The van der Waals surface area contributed by atoms with Crippen LogP contribution in [-0.4, -0.2) is 47.5 Å². The van der Waals surface area contributed by atoms with Gasteiger partial charge in [-0.1, -0.05) is 17.7 Å². The van der Waals surface area contributed by atoms with Crippen molar-refractivity contribution in [3.8, 4) is 11.3 Å². The van der Waals surface area contributed by atoms with Crippen molar-refractivity contribution < 1.29 is 18.3 Å². The highest BCUT2D eigenvalue weighted by atomic mass is 35.5. The third-order valence-corrected chi connectivity index (χ3v) is 6.34. The zero-order valence-corrected chi connectivity index (χ0v) is 18.7. The maximum absolute atomic E-state index is 15.0. The van der Waals surface area contributed by atoms with Gasteiger partial charge < -0.3 is 14.4 Å². The zero-order chi connectivity index (χ0) is 23.7. The van der Waals surface area contributed by atoms with Gasteiger partial charge in [0, 0.05) is 41.5 Å². The van der Waals surface area contributed by atoms with Crippen LogP contribution in [0, 0.1) is 11.6 Å². The number of rotatable bonds is 5. The molecule has 34 heavy (non-hydrogen) atoms. The van der Waals surface area contributed by atoms with Crippen LogP contribution in [0.15, 0.2) is 55.1 Å². The number of anilines is 1. The molecule has 172 valence electrons. The van der Waals surface area contributed by atoms with Gasteiger partial charge in [-0.15, -0.1) is 0 Å². The molecule has 1 saturated heterocycles. The highest BCUT2D eigenvalue weighted by Crippen LogP contribution is 2.35. The summed E-state index contributed by atoms with van der Waals surface area (Å²) in [6.07, 6.45) is 4.33. The maximum atomic E-state index is 15.0. The molecule has 2 aromatic carbocycles. The number of carbonyl (C=O) groups is 1. The molecule has 0 spiro atoms. The standard InChI is InChI=1S/C25H19ClF2N4O2/c26-24-19(11-29-12-22(24)28)20(13-33)15-1-4-21(27)18(9-15)25-17-3-2-16(10-23(17)30-14-31-25)32-5-7-34-8-6-32/h1-4,9-14,20H,5-8H2. The first-order valence-electron chi connectivity index (χ1n) is 10.7. The Morgan fingerprint density at radius 2 is 1.85 bits per heavy atom. The Balaban J connectivity index is 1.58. The number of hydrogen-bond acceptors (Lipinski definition) is 6. The fraction of sp³-hybridized carbons (Fsp3) is 0.200. The Morgan fingerprint density at radius 3 is 2.65 bits per heavy atom. The van der Waals surface area contributed by atoms with Crippen molar-refractivity contribution in [1.82, 2.24) is 15.0 Å². The molecule has 1 atom stereocenters. The molecule has 1 unspecified atom stereocenters. The van der Waals surface area contributed by atoms with Crippen LogP contribution in [0.5, 0.6) is 0 Å². The summed E-state index contributed by atoms with van der Waals surface area (Å²) in [4.78, 5) is 26.7. The number of fused-ring (bicyclic) bond motifs is 1. The quantitative estimate of drug-likeness (QED) is 0.382. The van der Waals surface area contributed by atoms with Gasteiger partial charge in [-0.25, -0.2) is 18.7 Å². The van der Waals surface area contributed by atoms with Crippen molar-refractivity contribution in [3.63, 3.8) is 0 Å². The third-order valence-electron chi connectivity index (χ3n) is 5.94. The second-order valence-electron chi connectivity index (χ2n) is 7.90. The minimum atomic E-state index is -0.920. The van der Waals surface area contributed by atoms with Crippen LogP contribution < -0.4 is 4.90 Å². The highest BCUT2D eigenvalue weighted by Gasteiger charge is 2.22. The van der Waals surface area contributed by atoms with E-state index in [4.69, 9.17) is 16.3 Å². The predicted octanol–water partition coefficient (Wildman–Crippen LogP) is 4.79. The van der Waals surface area contributed by atoms with Crippen molar-refractivity contribution in [1.29, 1.82) is 0 Å². The number of hydrogen-bond donors (Lipinski definition) is 0. The lowest BCUT2D eigenvalue weighted by molar-refractivity contribution is -0.108. The summed E-state index contributed by atoms with van der Waals surface area (Å²) in [6, 6.07) is 10.0. The van der Waals surface area contributed by atoms with Gasteiger partial charge in [-0.2, -0.15) is 0 Å². The lowest BCUT2D eigenvalue weighted by Gasteiger charge is -2.29. The predicted molar refractivity (Wildman–Crippen MR) is 125 cm³/mol. The second kappa shape index (κ2) is 9.40. The maximum Gasteiger partial charge on any atom is 0.160 e. The summed E-state index contributed by atoms with van der Waals surface area (Å²) in [6.45, 7) is 2.89. The van der Waals surface area contributed by atoms with E-state index >= 15 is 0 Å². The summed E-state index contributed by atoms with van der Waals surface area (Å²) in [7, 11) is 0. The average molecular weight is 481 g/mol. The van der Waals surface area contributed by atoms with Crippen LogP contribution in [0.25, 0.3) is 22.2 Å². The van der Waals surface area contributed by atoms with Crippen molar-refractivity contribution in [3.05, 3.63) is 82.9 Å². The van der Waals surface area contributed by atoms with Crippen LogP contribution in [0.2, 0.25) is 5.02 Å². The molecule has 0 saturated carbocycles. The summed E-state index contributed by atoms with van der Waals surface area (Å²) in [5.41, 5.74) is 2.92. The molecule has 0 N–H and O–H groups in total. The molecule has 1 aliphatic heterocycles. The number of morpholine rings is 1. The Kier molecular flexibility index (Phi) is 6.17. The molecule has 0 aliphatic carbocycles. The molecular formula is C25H19ClF2N4O2. The number of pyridine rings is 1. The van der Waals surface area contributed by atoms with E-state index in [1.165, 1.54) is 30.7 Å². The SMILES string of the molecule is O=CC(c1ccc(F)c(-c2ncnc3cc(N4CCOCC4)ccc23)c1)c1cncc(F)c1Cl. The molecule has 5 rings (SSSR count). The van der Waals surface area contributed by atoms with E-state index in [2.05, 4.69) is 19.9 Å². The fourth-order valence-corrected chi connectivity index (χ4v) is 4.39. The first-order chi connectivity index (χ1) is 16.6. The number of nitrogens with zero attached hydrogens (tertiary/aromatic N) is 4. The van der Waals surface area contributed by atoms with E-state index in [9.17, 15) is 13.6 Å². The third kappa shape index (κ3) is 4.10. The van der Waals surface area contributed by atoms with E-state index < -0.39 is 17.6 Å². The van der Waals surface area contributed by atoms with E-state index in [1.54, 1.807) is 0 Å². The largest absolute Gasteiger partial charge is 0.378 e. The molecule has 3 heterocycles. The van der Waals surface area contributed by atoms with Gasteiger partial charge in [0.1, 0.15) is 18.4 Å². The first kappa shape index (κ1) is 22.3. The lowest BCUT2D eigenvalue weighted by atomic mass is 9.91. The highest BCUT2D eigenvalue weighted by molar-refractivity contribution is 6.31. The van der Waals surface area contributed by atoms with Crippen LogP contribution >= 0.6 is 11.6 Å². The minimum absolute atomic E-state index is 0.193. The van der Waals surface area contributed by atoms with E-state index in [1.807, 2.05) is 18.2 Å². The number of ether oxygens (including phenoxy) is 1. The Morgan fingerprint density at radius 1 is 1.03 bits per heavy atom. The molecule has 6 nitrogen and oxygen atoms in total. The molecule has 4 aromatic rings. The monoisotopic (exact) mass is 480 g/mol. The molecule has 2 aromatic heterocycles. The molecule has 1 aliphatic rings. The van der Waals surface area contributed by atoms with Gasteiger partial charge in [-0.3, -0.25) is 4.98 Å².